The van der Waals surface area contributed by atoms with Crippen LogP contribution in [0.15, 0.2) is 23.1 Å². The van der Waals surface area contributed by atoms with Crippen LogP contribution in [0, 0.1) is 11.6 Å². The molecule has 1 aliphatic heterocycles. The minimum absolute atomic E-state index is 0.0693. The van der Waals surface area contributed by atoms with E-state index in [2.05, 4.69) is 0 Å². The predicted molar refractivity (Wildman–Crippen MR) is 68.4 cm³/mol. The second-order valence-corrected chi connectivity index (χ2v) is 9.01. The average molecular weight is 325 g/mol. The van der Waals surface area contributed by atoms with Gasteiger partial charge in [0, 0.05) is 24.9 Å². The Bertz CT molecular complexity index is 705. The zero-order valence-corrected chi connectivity index (χ0v) is 12.2. The zero-order chi connectivity index (χ0) is 15.1. The second kappa shape index (κ2) is 5.05. The van der Waals surface area contributed by atoms with E-state index in [9.17, 15) is 25.6 Å². The van der Waals surface area contributed by atoms with Crippen molar-refractivity contribution in [2.45, 2.75) is 17.1 Å². The Morgan fingerprint density at radius 2 is 1.60 bits per heavy atom. The minimum atomic E-state index is -4.06. The number of nitrogens with zero attached hydrogens (tertiary/aromatic N) is 1. The smallest absolute Gasteiger partial charge is 0.228 e. The van der Waals surface area contributed by atoms with Gasteiger partial charge in [-0.2, -0.15) is 4.31 Å². The maximum Gasteiger partial charge on any atom is 0.243 e. The molecule has 0 aromatic heterocycles. The molecule has 1 aromatic rings. The van der Waals surface area contributed by atoms with Crippen LogP contribution in [0.4, 0.5) is 8.78 Å². The van der Waals surface area contributed by atoms with Gasteiger partial charge in [0.05, 0.1) is 10.1 Å². The van der Waals surface area contributed by atoms with Gasteiger partial charge in [-0.05, 0) is 12.1 Å². The van der Waals surface area contributed by atoms with Gasteiger partial charge in [-0.1, -0.05) is 6.92 Å². The topological polar surface area (TPSA) is 71.5 Å². The van der Waals surface area contributed by atoms with Gasteiger partial charge in [0.2, 0.25) is 10.0 Å². The molecule has 1 aliphatic rings. The number of benzene rings is 1. The molecule has 2 rings (SSSR count). The van der Waals surface area contributed by atoms with Crippen molar-refractivity contribution >= 4 is 19.9 Å². The Balaban J connectivity index is 2.22. The van der Waals surface area contributed by atoms with Gasteiger partial charge < -0.3 is 0 Å². The lowest BCUT2D eigenvalue weighted by molar-refractivity contribution is 0.309. The van der Waals surface area contributed by atoms with E-state index in [0.29, 0.717) is 18.2 Å². The Labute approximate surface area is 116 Å². The first-order valence-electron chi connectivity index (χ1n) is 5.84. The first-order valence-corrected chi connectivity index (χ1v) is 9.00. The number of hydrogen-bond donors (Lipinski definition) is 0. The molecule has 0 N–H and O–H groups in total. The summed E-state index contributed by atoms with van der Waals surface area (Å²) in [6, 6.07) is 1.99. The molecule has 0 radical (unpaired) electrons. The molecule has 5 nitrogen and oxygen atoms in total. The van der Waals surface area contributed by atoms with Crippen molar-refractivity contribution in [3.05, 3.63) is 29.8 Å². The highest BCUT2D eigenvalue weighted by molar-refractivity contribution is 7.92. The van der Waals surface area contributed by atoms with Gasteiger partial charge in [-0.3, -0.25) is 0 Å². The van der Waals surface area contributed by atoms with Gasteiger partial charge in [0.1, 0.15) is 11.6 Å². The molecule has 0 saturated carbocycles. The van der Waals surface area contributed by atoms with E-state index in [4.69, 9.17) is 0 Å². The molecule has 0 aliphatic carbocycles. The molecule has 0 amide bonds. The van der Waals surface area contributed by atoms with E-state index in [1.807, 2.05) is 0 Å². The highest BCUT2D eigenvalue weighted by atomic mass is 32.2. The number of sulfonamides is 1. The molecular weight excluding hydrogens is 312 g/mol. The van der Waals surface area contributed by atoms with E-state index >= 15 is 0 Å². The fourth-order valence-electron chi connectivity index (χ4n) is 1.89. The summed E-state index contributed by atoms with van der Waals surface area (Å²) >= 11 is 0. The third-order valence-corrected chi connectivity index (χ3v) is 7.13. The second-order valence-electron chi connectivity index (χ2n) is 4.50. The first kappa shape index (κ1) is 15.3. The highest BCUT2D eigenvalue weighted by Crippen LogP contribution is 2.26. The van der Waals surface area contributed by atoms with Crippen LogP contribution < -0.4 is 0 Å². The molecule has 1 saturated heterocycles. The molecule has 0 spiro atoms. The van der Waals surface area contributed by atoms with Crippen LogP contribution in [-0.2, 0) is 19.9 Å². The third-order valence-electron chi connectivity index (χ3n) is 3.20. The maximum absolute atomic E-state index is 13.0. The van der Waals surface area contributed by atoms with Gasteiger partial charge in [0.15, 0.2) is 9.84 Å². The number of sulfone groups is 1. The number of rotatable bonds is 4. The van der Waals surface area contributed by atoms with Crippen LogP contribution >= 0.6 is 0 Å². The van der Waals surface area contributed by atoms with Crippen molar-refractivity contribution in [3.8, 4) is 0 Å². The molecular formula is C11H13F2NO4S2. The fraction of sp³-hybridized carbons (Fsp3) is 0.455. The number of hydrogen-bond acceptors (Lipinski definition) is 4. The Kier molecular flexibility index (Phi) is 3.87. The van der Waals surface area contributed by atoms with Crippen molar-refractivity contribution in [1.82, 2.24) is 4.31 Å². The van der Waals surface area contributed by atoms with E-state index in [-0.39, 0.29) is 18.8 Å². The highest BCUT2D eigenvalue weighted by Gasteiger charge is 2.42. The Hall–Kier alpha value is -1.06. The van der Waals surface area contributed by atoms with Crippen LogP contribution in [0.5, 0.6) is 0 Å². The van der Waals surface area contributed by atoms with Crippen molar-refractivity contribution in [3.63, 3.8) is 0 Å². The lowest BCUT2D eigenvalue weighted by Gasteiger charge is -2.37. The van der Waals surface area contributed by atoms with Crippen molar-refractivity contribution < 1.29 is 25.6 Å². The first-order chi connectivity index (χ1) is 9.16. The van der Waals surface area contributed by atoms with E-state index in [1.54, 1.807) is 0 Å². The monoisotopic (exact) mass is 325 g/mol. The molecule has 1 heterocycles. The van der Waals surface area contributed by atoms with Crippen LogP contribution in [0.25, 0.3) is 0 Å². The van der Waals surface area contributed by atoms with Gasteiger partial charge in [-0.25, -0.2) is 25.6 Å². The van der Waals surface area contributed by atoms with Crippen LogP contribution in [0.3, 0.4) is 0 Å². The van der Waals surface area contributed by atoms with Gasteiger partial charge in [-0.15, -0.1) is 0 Å². The van der Waals surface area contributed by atoms with Crippen molar-refractivity contribution in [2.24, 2.45) is 0 Å². The van der Waals surface area contributed by atoms with Crippen LogP contribution in [-0.4, -0.2) is 45.2 Å². The molecule has 112 valence electrons. The third kappa shape index (κ3) is 2.70. The summed E-state index contributed by atoms with van der Waals surface area (Å²) in [4.78, 5) is -0.512. The van der Waals surface area contributed by atoms with E-state index in [1.165, 1.54) is 6.92 Å². The largest absolute Gasteiger partial charge is 0.243 e. The van der Waals surface area contributed by atoms with Crippen LogP contribution in [0.2, 0.25) is 0 Å². The predicted octanol–water partition coefficient (Wildman–Crippen LogP) is 0.772. The standard InChI is InChI=1S/C11H13F2NO4S2/c1-2-19(15,16)11-6-14(7-11)20(17,18)10-4-8(12)3-9(13)5-10/h3-5,11H,2,6-7H2,1H3. The van der Waals surface area contributed by atoms with Crippen LogP contribution in [0.1, 0.15) is 6.92 Å². The van der Waals surface area contributed by atoms with Crippen molar-refractivity contribution in [2.75, 3.05) is 18.8 Å². The van der Waals surface area contributed by atoms with Crippen molar-refractivity contribution in [1.29, 1.82) is 0 Å². The summed E-state index contributed by atoms with van der Waals surface area (Å²) in [5.41, 5.74) is 0. The number of halogens is 2. The molecule has 1 aromatic carbocycles. The minimum Gasteiger partial charge on any atom is -0.228 e. The fourth-order valence-corrected chi connectivity index (χ4v) is 4.93. The zero-order valence-electron chi connectivity index (χ0n) is 10.6. The van der Waals surface area contributed by atoms with E-state index < -0.39 is 41.6 Å². The molecule has 0 bridgehead atoms. The summed E-state index contributed by atoms with van der Waals surface area (Å²) in [6.07, 6.45) is 0. The van der Waals surface area contributed by atoms with Gasteiger partial charge >= 0.3 is 0 Å². The van der Waals surface area contributed by atoms with E-state index in [0.717, 1.165) is 4.31 Å². The molecule has 0 unspecified atom stereocenters. The summed E-state index contributed by atoms with van der Waals surface area (Å²) < 4.78 is 74.3. The summed E-state index contributed by atoms with van der Waals surface area (Å²) in [5.74, 6) is -2.07. The van der Waals surface area contributed by atoms with Gasteiger partial charge in [0.25, 0.3) is 0 Å². The quantitative estimate of drug-likeness (QED) is 0.820. The lowest BCUT2D eigenvalue weighted by atomic mass is 10.3. The Morgan fingerprint density at radius 3 is 2.05 bits per heavy atom. The normalized spacial score (nSPS) is 17.9. The summed E-state index contributed by atoms with van der Waals surface area (Å²) in [5, 5.41) is -0.749. The summed E-state index contributed by atoms with van der Waals surface area (Å²) in [6.45, 7) is 1.11. The molecule has 20 heavy (non-hydrogen) atoms. The molecule has 1 fully saturated rings. The molecule has 9 heteroatoms. The lowest BCUT2D eigenvalue weighted by Crippen LogP contribution is -2.57. The molecule has 0 atom stereocenters. The Morgan fingerprint density at radius 1 is 1.10 bits per heavy atom. The average Bonchev–Trinajstić information content (AvgIpc) is 2.24. The maximum atomic E-state index is 13.0. The summed E-state index contributed by atoms with van der Waals surface area (Å²) in [7, 11) is -7.37. The SMILES string of the molecule is CCS(=O)(=O)C1CN(S(=O)(=O)c2cc(F)cc(F)c2)C1.